The van der Waals surface area contributed by atoms with Crippen LogP contribution in [0.2, 0.25) is 0 Å². The average Bonchev–Trinajstić information content (AvgIpc) is 2.58. The van der Waals surface area contributed by atoms with Crippen molar-refractivity contribution in [1.29, 1.82) is 0 Å². The summed E-state index contributed by atoms with van der Waals surface area (Å²) in [7, 11) is -2.24. The van der Waals surface area contributed by atoms with Gasteiger partial charge in [0, 0.05) is 19.0 Å². The molecule has 25 heavy (non-hydrogen) atoms. The number of primary amides is 1. The first-order valence-electron chi connectivity index (χ1n) is 7.92. The number of likely N-dealkylation sites (tertiary alicyclic amines) is 1. The second-order valence-corrected chi connectivity index (χ2v) is 7.91. The first kappa shape index (κ1) is 19.0. The van der Waals surface area contributed by atoms with E-state index >= 15 is 0 Å². The smallest absolute Gasteiger partial charge is 0.243 e. The standard InChI is InChI=1S/C16H23N3O5S/c1-24-14-6-4-3-5-13(14)19(25(2,22)23)11-15(20)18-9-7-12(8-10-18)16(17)21/h3-6,12H,7-11H2,1-2H3,(H2,17,21). The maximum Gasteiger partial charge on any atom is 0.243 e. The molecule has 1 aromatic rings. The van der Waals surface area contributed by atoms with Gasteiger partial charge in [0.2, 0.25) is 21.8 Å². The Labute approximate surface area is 147 Å². The van der Waals surface area contributed by atoms with Crippen molar-refractivity contribution in [1.82, 2.24) is 4.90 Å². The van der Waals surface area contributed by atoms with Crippen LogP contribution in [-0.4, -0.2) is 58.1 Å². The van der Waals surface area contributed by atoms with Crippen molar-refractivity contribution in [3.05, 3.63) is 24.3 Å². The lowest BCUT2D eigenvalue weighted by Gasteiger charge is -2.32. The number of piperidine rings is 1. The SMILES string of the molecule is COc1ccccc1N(CC(=O)N1CCC(C(N)=O)CC1)S(C)(=O)=O. The first-order valence-corrected chi connectivity index (χ1v) is 9.76. The average molecular weight is 369 g/mol. The molecule has 0 aromatic heterocycles. The first-order chi connectivity index (χ1) is 11.7. The van der Waals surface area contributed by atoms with Crippen LogP contribution < -0.4 is 14.8 Å². The molecule has 0 saturated carbocycles. The van der Waals surface area contributed by atoms with E-state index < -0.39 is 10.0 Å². The van der Waals surface area contributed by atoms with Crippen LogP contribution in [0.3, 0.4) is 0 Å². The fraction of sp³-hybridized carbons (Fsp3) is 0.500. The maximum absolute atomic E-state index is 12.6. The van der Waals surface area contributed by atoms with Gasteiger partial charge in [-0.3, -0.25) is 13.9 Å². The summed E-state index contributed by atoms with van der Waals surface area (Å²) in [6.07, 6.45) is 2.04. The number of para-hydroxylation sites is 2. The van der Waals surface area contributed by atoms with E-state index in [2.05, 4.69) is 0 Å². The van der Waals surface area contributed by atoms with E-state index in [1.165, 1.54) is 7.11 Å². The summed E-state index contributed by atoms with van der Waals surface area (Å²) in [5.74, 6) is -0.546. The molecule has 1 aliphatic rings. The lowest BCUT2D eigenvalue weighted by atomic mass is 9.96. The Hall–Kier alpha value is -2.29. The number of sulfonamides is 1. The number of rotatable bonds is 6. The molecule has 1 fully saturated rings. The number of nitrogens with zero attached hydrogens (tertiary/aromatic N) is 2. The quantitative estimate of drug-likeness (QED) is 0.769. The fourth-order valence-corrected chi connectivity index (χ4v) is 3.71. The Morgan fingerprint density at radius 1 is 1.28 bits per heavy atom. The molecule has 0 atom stereocenters. The highest BCUT2D eigenvalue weighted by molar-refractivity contribution is 7.92. The van der Waals surface area contributed by atoms with Gasteiger partial charge in [0.1, 0.15) is 12.3 Å². The Kier molecular flexibility index (Phi) is 5.89. The van der Waals surface area contributed by atoms with Gasteiger partial charge in [0.15, 0.2) is 0 Å². The molecule has 0 radical (unpaired) electrons. The lowest BCUT2D eigenvalue weighted by molar-refractivity contribution is -0.133. The largest absolute Gasteiger partial charge is 0.495 e. The molecule has 0 unspecified atom stereocenters. The zero-order valence-electron chi connectivity index (χ0n) is 14.3. The molecule has 9 heteroatoms. The Balaban J connectivity index is 2.16. The van der Waals surface area contributed by atoms with Gasteiger partial charge in [-0.05, 0) is 25.0 Å². The molecule has 1 aliphatic heterocycles. The molecule has 0 aliphatic carbocycles. The number of ether oxygens (including phenoxy) is 1. The minimum atomic E-state index is -3.68. The summed E-state index contributed by atoms with van der Waals surface area (Å²) in [6, 6.07) is 6.63. The summed E-state index contributed by atoms with van der Waals surface area (Å²) in [6.45, 7) is 0.451. The van der Waals surface area contributed by atoms with Gasteiger partial charge in [-0.15, -0.1) is 0 Å². The number of nitrogens with two attached hydrogens (primary N) is 1. The van der Waals surface area contributed by atoms with Gasteiger partial charge in [-0.25, -0.2) is 8.42 Å². The summed E-state index contributed by atoms with van der Waals surface area (Å²) in [5, 5.41) is 0. The second kappa shape index (κ2) is 7.73. The Bertz CT molecular complexity index is 742. The number of hydrogen-bond acceptors (Lipinski definition) is 5. The summed E-state index contributed by atoms with van der Waals surface area (Å²) >= 11 is 0. The zero-order valence-corrected chi connectivity index (χ0v) is 15.2. The van der Waals surface area contributed by atoms with Crippen molar-refractivity contribution in [2.24, 2.45) is 11.7 Å². The van der Waals surface area contributed by atoms with E-state index in [-0.39, 0.29) is 24.3 Å². The van der Waals surface area contributed by atoms with E-state index in [1.807, 2.05) is 0 Å². The predicted octanol–water partition coefficient (Wildman–Crippen LogP) is 0.185. The number of methoxy groups -OCH3 is 1. The molecule has 2 amide bonds. The van der Waals surface area contributed by atoms with Crippen molar-refractivity contribution >= 4 is 27.5 Å². The Morgan fingerprint density at radius 3 is 2.40 bits per heavy atom. The van der Waals surface area contributed by atoms with Gasteiger partial charge in [-0.2, -0.15) is 0 Å². The summed E-state index contributed by atoms with van der Waals surface area (Å²) in [4.78, 5) is 25.3. The molecule has 138 valence electrons. The number of hydrogen-bond donors (Lipinski definition) is 1. The topological polar surface area (TPSA) is 110 Å². The molecule has 1 heterocycles. The molecule has 2 N–H and O–H groups in total. The molecule has 0 bridgehead atoms. The van der Waals surface area contributed by atoms with E-state index in [0.29, 0.717) is 37.4 Å². The normalized spacial score (nSPS) is 15.7. The Morgan fingerprint density at radius 2 is 1.88 bits per heavy atom. The highest BCUT2D eigenvalue weighted by Gasteiger charge is 2.29. The van der Waals surface area contributed by atoms with Crippen molar-refractivity contribution in [3.8, 4) is 5.75 Å². The molecule has 1 aromatic carbocycles. The van der Waals surface area contributed by atoms with Crippen LogP contribution in [0.15, 0.2) is 24.3 Å². The molecule has 2 rings (SSSR count). The van der Waals surface area contributed by atoms with Gasteiger partial charge in [-0.1, -0.05) is 12.1 Å². The van der Waals surface area contributed by atoms with Gasteiger partial charge in [0.05, 0.1) is 19.1 Å². The van der Waals surface area contributed by atoms with E-state index in [9.17, 15) is 18.0 Å². The number of carbonyl (C=O) groups is 2. The van der Waals surface area contributed by atoms with E-state index in [1.54, 1.807) is 29.2 Å². The zero-order chi connectivity index (χ0) is 18.6. The third-order valence-corrected chi connectivity index (χ3v) is 5.41. The minimum absolute atomic E-state index is 0.232. The predicted molar refractivity (Wildman–Crippen MR) is 93.7 cm³/mol. The number of anilines is 1. The maximum atomic E-state index is 12.6. The highest BCUT2D eigenvalue weighted by atomic mass is 32.2. The van der Waals surface area contributed by atoms with Crippen molar-refractivity contribution in [3.63, 3.8) is 0 Å². The molecular weight excluding hydrogens is 346 g/mol. The van der Waals surface area contributed by atoms with Gasteiger partial charge >= 0.3 is 0 Å². The summed E-state index contributed by atoms with van der Waals surface area (Å²) in [5.41, 5.74) is 5.60. The molecule has 0 spiro atoms. The third kappa shape index (κ3) is 4.62. The van der Waals surface area contributed by atoms with Crippen LogP contribution in [0.1, 0.15) is 12.8 Å². The third-order valence-electron chi connectivity index (χ3n) is 4.28. The van der Waals surface area contributed by atoms with Crippen LogP contribution in [0.4, 0.5) is 5.69 Å². The summed E-state index contributed by atoms with van der Waals surface area (Å²) < 4.78 is 30.6. The monoisotopic (exact) mass is 369 g/mol. The molecule has 1 saturated heterocycles. The second-order valence-electron chi connectivity index (χ2n) is 6.00. The van der Waals surface area contributed by atoms with E-state index in [0.717, 1.165) is 10.6 Å². The lowest BCUT2D eigenvalue weighted by Crippen LogP contribution is -2.47. The van der Waals surface area contributed by atoms with Crippen LogP contribution in [0.5, 0.6) is 5.75 Å². The highest BCUT2D eigenvalue weighted by Crippen LogP contribution is 2.29. The number of amides is 2. The van der Waals surface area contributed by atoms with E-state index in [4.69, 9.17) is 10.5 Å². The number of carbonyl (C=O) groups excluding carboxylic acids is 2. The van der Waals surface area contributed by atoms with Crippen molar-refractivity contribution in [2.75, 3.05) is 37.3 Å². The van der Waals surface area contributed by atoms with Crippen LogP contribution in [0.25, 0.3) is 0 Å². The van der Waals surface area contributed by atoms with Crippen molar-refractivity contribution in [2.45, 2.75) is 12.8 Å². The van der Waals surface area contributed by atoms with Gasteiger partial charge < -0.3 is 15.4 Å². The fourth-order valence-electron chi connectivity index (χ4n) is 2.85. The number of benzene rings is 1. The minimum Gasteiger partial charge on any atom is -0.495 e. The van der Waals surface area contributed by atoms with Crippen LogP contribution in [-0.2, 0) is 19.6 Å². The molecule has 8 nitrogen and oxygen atoms in total. The van der Waals surface area contributed by atoms with Crippen molar-refractivity contribution < 1.29 is 22.7 Å². The van der Waals surface area contributed by atoms with Gasteiger partial charge in [0.25, 0.3) is 0 Å². The van der Waals surface area contributed by atoms with Crippen LogP contribution >= 0.6 is 0 Å². The molecular formula is C16H23N3O5S. The van der Waals surface area contributed by atoms with Crippen LogP contribution in [0, 0.1) is 5.92 Å².